The molecule has 1 amide bonds. The molecular formula is C10H8N2O3. The van der Waals surface area contributed by atoms with Crippen LogP contribution in [0.1, 0.15) is 16.9 Å². The molecule has 1 aromatic heterocycles. The molecule has 0 fully saturated rings. The second-order valence-electron chi connectivity index (χ2n) is 2.63. The number of carboxylic acids is 1. The van der Waals surface area contributed by atoms with Crippen molar-refractivity contribution in [3.8, 4) is 12.3 Å². The molecule has 15 heavy (non-hydrogen) atoms. The Morgan fingerprint density at radius 2 is 2.33 bits per heavy atom. The molecule has 0 unspecified atom stereocenters. The first-order valence-electron chi connectivity index (χ1n) is 4.06. The molecule has 0 aliphatic rings. The number of pyridine rings is 1. The lowest BCUT2D eigenvalue weighted by Gasteiger charge is -2.05. The Hall–Kier alpha value is -2.35. The Balaban J connectivity index is 2.90. The van der Waals surface area contributed by atoms with Gasteiger partial charge >= 0.3 is 5.97 Å². The summed E-state index contributed by atoms with van der Waals surface area (Å²) in [5.74, 6) is 0.517. The summed E-state index contributed by atoms with van der Waals surface area (Å²) in [5, 5.41) is 11.1. The molecule has 1 heterocycles. The van der Waals surface area contributed by atoms with Gasteiger partial charge in [-0.15, -0.1) is 6.42 Å². The second-order valence-corrected chi connectivity index (χ2v) is 2.63. The van der Waals surface area contributed by atoms with Crippen molar-refractivity contribution >= 4 is 17.6 Å². The van der Waals surface area contributed by atoms with Crippen LogP contribution >= 0.6 is 0 Å². The summed E-state index contributed by atoms with van der Waals surface area (Å²) < 4.78 is 0. The first-order valence-corrected chi connectivity index (χ1v) is 4.06. The first kappa shape index (κ1) is 10.7. The highest BCUT2D eigenvalue weighted by Gasteiger charge is 2.12. The number of terminal acetylenes is 1. The fourth-order valence-electron chi connectivity index (χ4n) is 0.964. The molecule has 0 aliphatic heterocycles. The number of anilines is 1. The number of carboxylic acid groups (broad SMARTS) is 1. The summed E-state index contributed by atoms with van der Waals surface area (Å²) in [6.45, 7) is 0. The summed E-state index contributed by atoms with van der Waals surface area (Å²) in [4.78, 5) is 25.4. The van der Waals surface area contributed by atoms with E-state index in [0.29, 0.717) is 0 Å². The summed E-state index contributed by atoms with van der Waals surface area (Å²) in [7, 11) is 0. The van der Waals surface area contributed by atoms with E-state index in [-0.39, 0.29) is 17.8 Å². The minimum atomic E-state index is -1.20. The SMILES string of the molecule is C#CCC(=O)Nc1cccnc1C(=O)O. The van der Waals surface area contributed by atoms with Gasteiger partial charge in [0.05, 0.1) is 12.1 Å². The molecule has 0 saturated carbocycles. The molecule has 5 nitrogen and oxygen atoms in total. The highest BCUT2D eigenvalue weighted by atomic mass is 16.4. The Bertz CT molecular complexity index is 435. The molecule has 0 spiro atoms. The van der Waals surface area contributed by atoms with E-state index < -0.39 is 11.9 Å². The Morgan fingerprint density at radius 1 is 1.60 bits per heavy atom. The van der Waals surface area contributed by atoms with Crippen molar-refractivity contribution in [2.75, 3.05) is 5.32 Å². The smallest absolute Gasteiger partial charge is 0.356 e. The fourth-order valence-corrected chi connectivity index (χ4v) is 0.964. The standard InChI is InChI=1S/C10H8N2O3/c1-2-4-8(13)12-7-5-3-6-11-9(7)10(14)15/h1,3,5-6H,4H2,(H,12,13)(H,14,15). The molecule has 1 rings (SSSR count). The Morgan fingerprint density at radius 3 is 2.93 bits per heavy atom. The maximum Gasteiger partial charge on any atom is 0.356 e. The number of hydrogen-bond donors (Lipinski definition) is 2. The number of amides is 1. The normalized spacial score (nSPS) is 9.00. The molecule has 2 N–H and O–H groups in total. The molecule has 0 radical (unpaired) electrons. The number of aromatic carboxylic acids is 1. The fraction of sp³-hybridized carbons (Fsp3) is 0.100. The van der Waals surface area contributed by atoms with Gasteiger partial charge in [0.2, 0.25) is 5.91 Å². The van der Waals surface area contributed by atoms with Crippen LogP contribution in [-0.4, -0.2) is 22.0 Å². The van der Waals surface area contributed by atoms with Gasteiger partial charge in [-0.05, 0) is 12.1 Å². The molecule has 1 aromatic rings. The van der Waals surface area contributed by atoms with E-state index in [2.05, 4.69) is 16.2 Å². The minimum absolute atomic E-state index is 0.103. The van der Waals surface area contributed by atoms with Gasteiger partial charge in [-0.3, -0.25) is 4.79 Å². The molecule has 0 atom stereocenters. The molecule has 0 saturated heterocycles. The minimum Gasteiger partial charge on any atom is -0.476 e. The first-order chi connectivity index (χ1) is 7.15. The summed E-state index contributed by atoms with van der Waals surface area (Å²) >= 11 is 0. The van der Waals surface area contributed by atoms with Crippen LogP contribution in [0.5, 0.6) is 0 Å². The van der Waals surface area contributed by atoms with Crippen LogP contribution < -0.4 is 5.32 Å². The van der Waals surface area contributed by atoms with Crippen LogP contribution in [0.25, 0.3) is 0 Å². The largest absolute Gasteiger partial charge is 0.476 e. The predicted molar refractivity (Wildman–Crippen MR) is 53.3 cm³/mol. The third-order valence-corrected chi connectivity index (χ3v) is 1.55. The van der Waals surface area contributed by atoms with Crippen molar-refractivity contribution in [2.24, 2.45) is 0 Å². The number of carbonyl (C=O) groups is 2. The maximum atomic E-state index is 11.1. The van der Waals surface area contributed by atoms with E-state index in [4.69, 9.17) is 11.5 Å². The predicted octanol–water partition coefficient (Wildman–Crippen LogP) is 0.742. The molecule has 0 aliphatic carbocycles. The zero-order valence-electron chi connectivity index (χ0n) is 7.73. The zero-order valence-corrected chi connectivity index (χ0v) is 7.73. The van der Waals surface area contributed by atoms with Gasteiger partial charge in [-0.1, -0.05) is 5.92 Å². The Kier molecular flexibility index (Phi) is 3.41. The number of carbonyl (C=O) groups excluding carboxylic acids is 1. The van der Waals surface area contributed by atoms with Crippen molar-refractivity contribution in [2.45, 2.75) is 6.42 Å². The third-order valence-electron chi connectivity index (χ3n) is 1.55. The summed E-state index contributed by atoms with van der Waals surface area (Å²) in [6.07, 6.45) is 6.17. The summed E-state index contributed by atoms with van der Waals surface area (Å²) in [5.41, 5.74) is -0.0619. The number of hydrogen-bond acceptors (Lipinski definition) is 3. The van der Waals surface area contributed by atoms with Gasteiger partial charge in [0.15, 0.2) is 5.69 Å². The van der Waals surface area contributed by atoms with Gasteiger partial charge in [-0.2, -0.15) is 0 Å². The van der Waals surface area contributed by atoms with E-state index in [1.807, 2.05) is 0 Å². The van der Waals surface area contributed by atoms with Crippen LogP contribution in [-0.2, 0) is 4.79 Å². The van der Waals surface area contributed by atoms with Crippen LogP contribution in [0.3, 0.4) is 0 Å². The van der Waals surface area contributed by atoms with E-state index in [0.717, 1.165) is 0 Å². The molecule has 0 aromatic carbocycles. The van der Waals surface area contributed by atoms with Crippen LogP contribution in [0.4, 0.5) is 5.69 Å². The number of nitrogens with one attached hydrogen (secondary N) is 1. The second kappa shape index (κ2) is 4.77. The van der Waals surface area contributed by atoms with Gasteiger partial charge in [0.1, 0.15) is 0 Å². The molecule has 5 heteroatoms. The topological polar surface area (TPSA) is 79.3 Å². The average molecular weight is 204 g/mol. The van der Waals surface area contributed by atoms with Gasteiger partial charge in [0.25, 0.3) is 0 Å². The van der Waals surface area contributed by atoms with Gasteiger partial charge < -0.3 is 10.4 Å². The average Bonchev–Trinajstić information content (AvgIpc) is 2.18. The molecular weight excluding hydrogens is 196 g/mol. The maximum absolute atomic E-state index is 11.1. The van der Waals surface area contributed by atoms with Crippen molar-refractivity contribution in [3.05, 3.63) is 24.0 Å². The van der Waals surface area contributed by atoms with Gasteiger partial charge in [0, 0.05) is 6.20 Å². The lowest BCUT2D eigenvalue weighted by molar-refractivity contribution is -0.115. The molecule has 76 valence electrons. The number of rotatable bonds is 3. The highest BCUT2D eigenvalue weighted by Crippen LogP contribution is 2.11. The quantitative estimate of drug-likeness (QED) is 0.712. The van der Waals surface area contributed by atoms with Crippen LogP contribution in [0.2, 0.25) is 0 Å². The van der Waals surface area contributed by atoms with Crippen LogP contribution in [0, 0.1) is 12.3 Å². The van der Waals surface area contributed by atoms with Crippen molar-refractivity contribution in [3.63, 3.8) is 0 Å². The van der Waals surface area contributed by atoms with Crippen LogP contribution in [0.15, 0.2) is 18.3 Å². The van der Waals surface area contributed by atoms with E-state index in [9.17, 15) is 9.59 Å². The number of aromatic nitrogens is 1. The third kappa shape index (κ3) is 2.81. The zero-order chi connectivity index (χ0) is 11.3. The Labute approximate surface area is 86.1 Å². The van der Waals surface area contributed by atoms with E-state index in [1.54, 1.807) is 0 Å². The van der Waals surface area contributed by atoms with Gasteiger partial charge in [-0.25, -0.2) is 9.78 Å². The number of nitrogens with zero attached hydrogens (tertiary/aromatic N) is 1. The molecule has 0 bridgehead atoms. The highest BCUT2D eigenvalue weighted by molar-refractivity contribution is 5.99. The summed E-state index contributed by atoms with van der Waals surface area (Å²) in [6, 6.07) is 2.97. The van der Waals surface area contributed by atoms with Crippen molar-refractivity contribution in [1.82, 2.24) is 4.98 Å². The van der Waals surface area contributed by atoms with E-state index in [1.165, 1.54) is 18.3 Å². The van der Waals surface area contributed by atoms with Crippen molar-refractivity contribution in [1.29, 1.82) is 0 Å². The van der Waals surface area contributed by atoms with Crippen molar-refractivity contribution < 1.29 is 14.7 Å². The van der Waals surface area contributed by atoms with E-state index >= 15 is 0 Å². The lowest BCUT2D eigenvalue weighted by Crippen LogP contribution is -2.14. The lowest BCUT2D eigenvalue weighted by atomic mass is 10.3. The monoisotopic (exact) mass is 204 g/mol.